The third-order valence-electron chi connectivity index (χ3n) is 2.86. The normalized spacial score (nSPS) is 16.6. The van der Waals surface area contributed by atoms with Crippen LogP contribution in [0.15, 0.2) is 6.20 Å². The number of fused-ring (bicyclic) bond motifs is 1. The van der Waals surface area contributed by atoms with Gasteiger partial charge in [-0.2, -0.15) is 0 Å². The summed E-state index contributed by atoms with van der Waals surface area (Å²) in [4.78, 5) is 8.72. The van der Waals surface area contributed by atoms with Crippen LogP contribution in [-0.2, 0) is 13.0 Å². The number of aliphatic hydroxyl groups is 1. The minimum absolute atomic E-state index is 0.0367. The fourth-order valence-electron chi connectivity index (χ4n) is 1.76. The van der Waals surface area contributed by atoms with Gasteiger partial charge < -0.3 is 15.7 Å². The van der Waals surface area contributed by atoms with Crippen LogP contribution in [-0.4, -0.2) is 34.3 Å². The van der Waals surface area contributed by atoms with Crippen molar-refractivity contribution < 1.29 is 5.11 Å². The van der Waals surface area contributed by atoms with Crippen LogP contribution >= 0.6 is 0 Å². The summed E-state index contributed by atoms with van der Waals surface area (Å²) < 4.78 is 0. The van der Waals surface area contributed by atoms with E-state index in [0.717, 1.165) is 31.6 Å². The van der Waals surface area contributed by atoms with Crippen LogP contribution in [0, 0.1) is 0 Å². The molecule has 0 saturated heterocycles. The molecule has 0 spiro atoms. The molecule has 0 radical (unpaired) electrons. The second-order valence-corrected chi connectivity index (χ2v) is 4.02. The number of nitrogens with one attached hydrogen (secondary N) is 2. The molecule has 1 unspecified atom stereocenters. The smallest absolute Gasteiger partial charge is 0.223 e. The molecule has 1 aromatic rings. The van der Waals surface area contributed by atoms with Gasteiger partial charge in [0.15, 0.2) is 0 Å². The zero-order valence-corrected chi connectivity index (χ0v) is 9.53. The van der Waals surface area contributed by atoms with Gasteiger partial charge in [-0.05, 0) is 24.9 Å². The van der Waals surface area contributed by atoms with E-state index in [1.807, 2.05) is 13.1 Å². The second-order valence-electron chi connectivity index (χ2n) is 4.02. The predicted molar refractivity (Wildman–Crippen MR) is 62.2 cm³/mol. The standard InChI is InChI=1S/C11H18N4O/c1-2-9(7-16)14-11-13-5-8-3-4-12-6-10(8)15-11/h5,9,12,16H,2-4,6-7H2,1H3,(H,13,14,15). The average Bonchev–Trinajstić information content (AvgIpc) is 2.35. The van der Waals surface area contributed by atoms with E-state index >= 15 is 0 Å². The Morgan fingerprint density at radius 3 is 3.25 bits per heavy atom. The highest BCUT2D eigenvalue weighted by molar-refractivity contribution is 5.31. The molecule has 1 atom stereocenters. The maximum Gasteiger partial charge on any atom is 0.223 e. The van der Waals surface area contributed by atoms with Gasteiger partial charge in [0.05, 0.1) is 18.3 Å². The molecule has 0 bridgehead atoms. The van der Waals surface area contributed by atoms with Crippen molar-refractivity contribution in [2.45, 2.75) is 32.4 Å². The fourth-order valence-corrected chi connectivity index (χ4v) is 1.76. The molecule has 5 heteroatoms. The number of hydrogen-bond donors (Lipinski definition) is 3. The van der Waals surface area contributed by atoms with Crippen molar-refractivity contribution in [2.75, 3.05) is 18.5 Å². The summed E-state index contributed by atoms with van der Waals surface area (Å²) in [5.41, 5.74) is 2.29. The number of aromatic nitrogens is 2. The van der Waals surface area contributed by atoms with Crippen LogP contribution < -0.4 is 10.6 Å². The maximum absolute atomic E-state index is 9.10. The van der Waals surface area contributed by atoms with Crippen LogP contribution in [0.2, 0.25) is 0 Å². The van der Waals surface area contributed by atoms with Crippen LogP contribution in [0.4, 0.5) is 5.95 Å². The Bertz CT molecular complexity index is 352. The molecule has 16 heavy (non-hydrogen) atoms. The van der Waals surface area contributed by atoms with E-state index in [2.05, 4.69) is 20.6 Å². The summed E-state index contributed by atoms with van der Waals surface area (Å²) in [7, 11) is 0. The maximum atomic E-state index is 9.10. The Hall–Kier alpha value is -1.20. The predicted octanol–water partition coefficient (Wildman–Crippen LogP) is 0.305. The van der Waals surface area contributed by atoms with Crippen molar-refractivity contribution in [3.63, 3.8) is 0 Å². The van der Waals surface area contributed by atoms with Crippen molar-refractivity contribution in [1.29, 1.82) is 0 Å². The molecular formula is C11H18N4O. The van der Waals surface area contributed by atoms with E-state index in [4.69, 9.17) is 5.11 Å². The summed E-state index contributed by atoms with van der Waals surface area (Å²) in [6, 6.07) is 0.0367. The first-order valence-electron chi connectivity index (χ1n) is 5.76. The van der Waals surface area contributed by atoms with Crippen LogP contribution in [0.25, 0.3) is 0 Å². The van der Waals surface area contributed by atoms with Crippen molar-refractivity contribution in [2.24, 2.45) is 0 Å². The Kier molecular flexibility index (Phi) is 3.69. The first-order valence-corrected chi connectivity index (χ1v) is 5.76. The Balaban J connectivity index is 2.10. The molecular weight excluding hydrogens is 204 g/mol. The second kappa shape index (κ2) is 5.23. The first-order chi connectivity index (χ1) is 7.83. The van der Waals surface area contributed by atoms with E-state index in [9.17, 15) is 0 Å². The Morgan fingerprint density at radius 1 is 1.62 bits per heavy atom. The van der Waals surface area contributed by atoms with E-state index in [1.165, 1.54) is 5.56 Å². The largest absolute Gasteiger partial charge is 0.394 e. The van der Waals surface area contributed by atoms with Gasteiger partial charge in [-0.1, -0.05) is 6.92 Å². The minimum Gasteiger partial charge on any atom is -0.394 e. The number of hydrogen-bond acceptors (Lipinski definition) is 5. The van der Waals surface area contributed by atoms with E-state index in [0.29, 0.717) is 5.95 Å². The van der Waals surface area contributed by atoms with E-state index in [-0.39, 0.29) is 12.6 Å². The average molecular weight is 222 g/mol. The summed E-state index contributed by atoms with van der Waals surface area (Å²) in [5, 5.41) is 15.5. The van der Waals surface area contributed by atoms with Gasteiger partial charge >= 0.3 is 0 Å². The zero-order valence-electron chi connectivity index (χ0n) is 9.53. The van der Waals surface area contributed by atoms with Crippen LogP contribution in [0.3, 0.4) is 0 Å². The SMILES string of the molecule is CCC(CO)Nc1ncc2c(n1)CNCC2. The number of rotatable bonds is 4. The van der Waals surface area contributed by atoms with Crippen molar-refractivity contribution in [3.05, 3.63) is 17.5 Å². The third kappa shape index (κ3) is 2.48. The summed E-state index contributed by atoms with van der Waals surface area (Å²) in [6.07, 6.45) is 3.73. The van der Waals surface area contributed by atoms with Gasteiger partial charge in [0.1, 0.15) is 0 Å². The molecule has 1 aliphatic heterocycles. The van der Waals surface area contributed by atoms with Crippen molar-refractivity contribution in [1.82, 2.24) is 15.3 Å². The quantitative estimate of drug-likeness (QED) is 0.684. The van der Waals surface area contributed by atoms with Gasteiger partial charge in [-0.15, -0.1) is 0 Å². The van der Waals surface area contributed by atoms with Gasteiger partial charge in [0, 0.05) is 12.7 Å². The molecule has 0 aliphatic carbocycles. The highest BCUT2D eigenvalue weighted by atomic mass is 16.3. The zero-order chi connectivity index (χ0) is 11.4. The first kappa shape index (κ1) is 11.3. The molecule has 5 nitrogen and oxygen atoms in total. The summed E-state index contributed by atoms with van der Waals surface area (Å²) in [5.74, 6) is 0.614. The van der Waals surface area contributed by atoms with Crippen LogP contribution in [0.1, 0.15) is 24.6 Å². The fraction of sp³-hybridized carbons (Fsp3) is 0.636. The lowest BCUT2D eigenvalue weighted by Crippen LogP contribution is -2.27. The molecule has 0 amide bonds. The molecule has 3 N–H and O–H groups in total. The van der Waals surface area contributed by atoms with Crippen molar-refractivity contribution >= 4 is 5.95 Å². The van der Waals surface area contributed by atoms with Crippen molar-refractivity contribution in [3.8, 4) is 0 Å². The van der Waals surface area contributed by atoms with E-state index < -0.39 is 0 Å². The highest BCUT2D eigenvalue weighted by Gasteiger charge is 2.12. The molecule has 0 aromatic carbocycles. The number of aliphatic hydroxyl groups excluding tert-OH is 1. The van der Waals surface area contributed by atoms with E-state index in [1.54, 1.807) is 0 Å². The van der Waals surface area contributed by atoms with Gasteiger partial charge in [0.2, 0.25) is 5.95 Å². The lowest BCUT2D eigenvalue weighted by molar-refractivity contribution is 0.271. The molecule has 1 aromatic heterocycles. The Labute approximate surface area is 95.3 Å². The van der Waals surface area contributed by atoms with Crippen LogP contribution in [0.5, 0.6) is 0 Å². The van der Waals surface area contributed by atoms with Gasteiger partial charge in [-0.3, -0.25) is 0 Å². The molecule has 2 heterocycles. The molecule has 88 valence electrons. The lowest BCUT2D eigenvalue weighted by atomic mass is 10.1. The van der Waals surface area contributed by atoms with Gasteiger partial charge in [-0.25, -0.2) is 9.97 Å². The monoisotopic (exact) mass is 222 g/mol. The molecule has 2 rings (SSSR count). The topological polar surface area (TPSA) is 70.1 Å². The Morgan fingerprint density at radius 2 is 2.50 bits per heavy atom. The number of anilines is 1. The molecule has 0 fully saturated rings. The number of nitrogens with zero attached hydrogens (tertiary/aromatic N) is 2. The summed E-state index contributed by atoms with van der Waals surface area (Å²) >= 11 is 0. The summed E-state index contributed by atoms with van der Waals surface area (Å²) in [6.45, 7) is 3.93. The third-order valence-corrected chi connectivity index (χ3v) is 2.86. The molecule has 0 saturated carbocycles. The molecule has 1 aliphatic rings. The highest BCUT2D eigenvalue weighted by Crippen LogP contribution is 2.12. The lowest BCUT2D eigenvalue weighted by Gasteiger charge is -2.18. The van der Waals surface area contributed by atoms with Gasteiger partial charge in [0.25, 0.3) is 0 Å². The minimum atomic E-state index is 0.0367.